The fourth-order valence-electron chi connectivity index (χ4n) is 2.56. The minimum atomic E-state index is 0.331. The summed E-state index contributed by atoms with van der Waals surface area (Å²) in [4.78, 5) is 4.02. The van der Waals surface area contributed by atoms with Crippen LogP contribution in [0.3, 0.4) is 0 Å². The molecule has 4 heteroatoms. The van der Waals surface area contributed by atoms with Crippen molar-refractivity contribution in [1.29, 1.82) is 0 Å². The highest BCUT2D eigenvalue weighted by molar-refractivity contribution is 5.36. The Hall–Kier alpha value is -1.68. The average Bonchev–Trinajstić information content (AvgIpc) is 2.95. The smallest absolute Gasteiger partial charge is 0.137 e. The molecule has 2 unspecified atom stereocenters. The zero-order valence-corrected chi connectivity index (χ0v) is 9.17. The fourth-order valence-corrected chi connectivity index (χ4v) is 2.56. The molecule has 4 nitrogen and oxygen atoms in total. The van der Waals surface area contributed by atoms with Gasteiger partial charge in [0, 0.05) is 0 Å². The highest BCUT2D eigenvalue weighted by Crippen LogP contribution is 2.38. The van der Waals surface area contributed by atoms with Crippen molar-refractivity contribution in [3.63, 3.8) is 0 Å². The van der Waals surface area contributed by atoms with Gasteiger partial charge in [-0.1, -0.05) is 24.3 Å². The number of benzene rings is 1. The van der Waals surface area contributed by atoms with E-state index in [0.717, 1.165) is 6.42 Å². The van der Waals surface area contributed by atoms with Crippen molar-refractivity contribution >= 4 is 0 Å². The van der Waals surface area contributed by atoms with E-state index in [9.17, 15) is 0 Å². The summed E-state index contributed by atoms with van der Waals surface area (Å²) in [6.07, 6.45) is 4.40. The fraction of sp³-hybridized carbons (Fsp3) is 0.333. The Balaban J connectivity index is 2.01. The van der Waals surface area contributed by atoms with Gasteiger partial charge >= 0.3 is 0 Å². The van der Waals surface area contributed by atoms with Crippen molar-refractivity contribution < 1.29 is 0 Å². The number of rotatable bonds is 2. The lowest BCUT2D eigenvalue weighted by molar-refractivity contribution is 0.371. The Morgan fingerprint density at radius 1 is 1.38 bits per heavy atom. The van der Waals surface area contributed by atoms with E-state index in [-0.39, 0.29) is 0 Å². The van der Waals surface area contributed by atoms with Gasteiger partial charge in [0.15, 0.2) is 0 Å². The number of aromatic nitrogens is 3. The summed E-state index contributed by atoms with van der Waals surface area (Å²) >= 11 is 0. The van der Waals surface area contributed by atoms with E-state index >= 15 is 0 Å². The molecule has 1 aliphatic rings. The van der Waals surface area contributed by atoms with Crippen molar-refractivity contribution in [2.24, 2.45) is 0 Å². The third-order valence-electron chi connectivity index (χ3n) is 3.29. The molecule has 0 radical (unpaired) electrons. The van der Waals surface area contributed by atoms with Gasteiger partial charge in [-0.3, -0.25) is 0 Å². The van der Waals surface area contributed by atoms with E-state index in [1.807, 2.05) is 11.7 Å². The molecular formula is C12H14N4. The van der Waals surface area contributed by atoms with Gasteiger partial charge in [0.2, 0.25) is 0 Å². The topological polar surface area (TPSA) is 42.7 Å². The molecule has 0 fully saturated rings. The van der Waals surface area contributed by atoms with Crippen LogP contribution >= 0.6 is 0 Å². The van der Waals surface area contributed by atoms with Crippen molar-refractivity contribution in [1.82, 2.24) is 20.1 Å². The normalized spacial score (nSPS) is 23.3. The maximum absolute atomic E-state index is 4.25. The lowest BCUT2D eigenvalue weighted by Crippen LogP contribution is -2.24. The second kappa shape index (κ2) is 3.72. The summed E-state index contributed by atoms with van der Waals surface area (Å²) in [6, 6.07) is 9.23. The van der Waals surface area contributed by atoms with E-state index in [2.05, 4.69) is 39.7 Å². The summed E-state index contributed by atoms with van der Waals surface area (Å²) in [5.74, 6) is 0. The van der Waals surface area contributed by atoms with Crippen LogP contribution in [-0.2, 0) is 6.42 Å². The van der Waals surface area contributed by atoms with Gasteiger partial charge in [-0.25, -0.2) is 9.67 Å². The molecule has 0 spiro atoms. The first kappa shape index (κ1) is 9.54. The van der Waals surface area contributed by atoms with Crippen LogP contribution in [0.4, 0.5) is 0 Å². The van der Waals surface area contributed by atoms with Crippen LogP contribution in [0.25, 0.3) is 0 Å². The van der Waals surface area contributed by atoms with Gasteiger partial charge in [0.25, 0.3) is 0 Å². The highest BCUT2D eigenvalue weighted by Gasteiger charge is 2.32. The van der Waals surface area contributed by atoms with Gasteiger partial charge in [0.05, 0.1) is 12.1 Å². The summed E-state index contributed by atoms with van der Waals surface area (Å²) in [7, 11) is 2.00. The second-order valence-corrected chi connectivity index (χ2v) is 4.11. The van der Waals surface area contributed by atoms with Crippen LogP contribution in [-0.4, -0.2) is 21.8 Å². The zero-order valence-electron chi connectivity index (χ0n) is 9.17. The van der Waals surface area contributed by atoms with Crippen molar-refractivity contribution in [3.8, 4) is 0 Å². The second-order valence-electron chi connectivity index (χ2n) is 4.11. The molecule has 1 aromatic heterocycles. The van der Waals surface area contributed by atoms with Crippen molar-refractivity contribution in [3.05, 3.63) is 48.0 Å². The Kier molecular flexibility index (Phi) is 2.22. The monoisotopic (exact) mass is 214 g/mol. The molecule has 3 rings (SSSR count). The number of likely N-dealkylation sites (N-methyl/N-ethyl adjacent to an activating group) is 1. The molecule has 0 bridgehead atoms. The van der Waals surface area contributed by atoms with Gasteiger partial charge in [0.1, 0.15) is 12.7 Å². The Morgan fingerprint density at radius 3 is 3.00 bits per heavy atom. The van der Waals surface area contributed by atoms with E-state index < -0.39 is 0 Å². The van der Waals surface area contributed by atoms with Crippen molar-refractivity contribution in [2.45, 2.75) is 18.5 Å². The molecule has 0 aliphatic heterocycles. The summed E-state index contributed by atoms with van der Waals surface area (Å²) < 4.78 is 1.95. The molecule has 82 valence electrons. The average molecular weight is 214 g/mol. The molecule has 0 amide bonds. The predicted octanol–water partition coefficient (Wildman–Crippen LogP) is 1.34. The summed E-state index contributed by atoms with van der Waals surface area (Å²) in [5, 5.41) is 7.61. The minimum Gasteiger partial charge on any atom is -0.311 e. The summed E-state index contributed by atoms with van der Waals surface area (Å²) in [5.41, 5.74) is 2.79. The Labute approximate surface area is 94.3 Å². The molecule has 1 aliphatic carbocycles. The molecule has 16 heavy (non-hydrogen) atoms. The zero-order chi connectivity index (χ0) is 11.0. The standard InChI is InChI=1S/C12H14N4/c1-13-12-10-5-3-2-4-9(10)6-11(12)16-8-14-7-15-16/h2-5,7-8,11-13H,6H2,1H3. The van der Waals surface area contributed by atoms with E-state index in [4.69, 9.17) is 0 Å². The van der Waals surface area contributed by atoms with Gasteiger partial charge in [-0.15, -0.1) is 0 Å². The molecule has 1 heterocycles. The number of hydrogen-bond acceptors (Lipinski definition) is 3. The van der Waals surface area contributed by atoms with Crippen molar-refractivity contribution in [2.75, 3.05) is 7.05 Å². The van der Waals surface area contributed by atoms with Crippen LogP contribution in [0.15, 0.2) is 36.9 Å². The van der Waals surface area contributed by atoms with E-state index in [1.54, 1.807) is 12.7 Å². The number of hydrogen-bond donors (Lipinski definition) is 1. The Bertz CT molecular complexity index is 478. The quantitative estimate of drug-likeness (QED) is 0.820. The molecule has 2 aromatic rings. The van der Waals surface area contributed by atoms with Crippen LogP contribution in [0.2, 0.25) is 0 Å². The molecule has 0 saturated heterocycles. The molecule has 2 atom stereocenters. The Morgan fingerprint density at radius 2 is 2.25 bits per heavy atom. The van der Waals surface area contributed by atoms with Crippen LogP contribution in [0, 0.1) is 0 Å². The third kappa shape index (κ3) is 1.34. The van der Waals surface area contributed by atoms with E-state index in [1.165, 1.54) is 11.1 Å². The first-order chi connectivity index (χ1) is 7.90. The lowest BCUT2D eigenvalue weighted by atomic mass is 10.1. The first-order valence-electron chi connectivity index (χ1n) is 5.49. The lowest BCUT2D eigenvalue weighted by Gasteiger charge is -2.19. The largest absolute Gasteiger partial charge is 0.311 e. The van der Waals surface area contributed by atoms with Crippen LogP contribution in [0.5, 0.6) is 0 Å². The van der Waals surface area contributed by atoms with Gasteiger partial charge < -0.3 is 5.32 Å². The molecule has 0 saturated carbocycles. The molecular weight excluding hydrogens is 200 g/mol. The maximum atomic E-state index is 4.25. The van der Waals surface area contributed by atoms with Crippen LogP contribution in [0.1, 0.15) is 23.2 Å². The SMILES string of the molecule is CNC1c2ccccc2CC1n1cncn1. The first-order valence-corrected chi connectivity index (χ1v) is 5.49. The number of nitrogens with zero attached hydrogens (tertiary/aromatic N) is 3. The third-order valence-corrected chi connectivity index (χ3v) is 3.29. The number of nitrogens with one attached hydrogen (secondary N) is 1. The van der Waals surface area contributed by atoms with Gasteiger partial charge in [-0.2, -0.15) is 5.10 Å². The predicted molar refractivity (Wildman–Crippen MR) is 61.0 cm³/mol. The maximum Gasteiger partial charge on any atom is 0.137 e. The summed E-state index contributed by atoms with van der Waals surface area (Å²) in [6.45, 7) is 0. The van der Waals surface area contributed by atoms with E-state index in [0.29, 0.717) is 12.1 Å². The molecule has 1 N–H and O–H groups in total. The number of fused-ring (bicyclic) bond motifs is 1. The minimum absolute atomic E-state index is 0.331. The van der Waals surface area contributed by atoms with Gasteiger partial charge in [-0.05, 0) is 24.6 Å². The van der Waals surface area contributed by atoms with Crippen LogP contribution < -0.4 is 5.32 Å². The molecule has 1 aromatic carbocycles. The highest BCUT2D eigenvalue weighted by atomic mass is 15.3.